The molecule has 1 aliphatic carbocycles. The van der Waals surface area contributed by atoms with Gasteiger partial charge in [0.2, 0.25) is 17.7 Å². The normalized spacial score (nSPS) is 21.0. The number of aryl methyl sites for hydroxylation is 1. The van der Waals surface area contributed by atoms with Crippen LogP contribution in [0.4, 0.5) is 4.79 Å². The predicted molar refractivity (Wildman–Crippen MR) is 132 cm³/mol. The summed E-state index contributed by atoms with van der Waals surface area (Å²) in [7, 11) is 1.30. The summed E-state index contributed by atoms with van der Waals surface area (Å²) in [5.74, 6) is -1.22. The topological polar surface area (TPSA) is 119 Å². The summed E-state index contributed by atoms with van der Waals surface area (Å²) >= 11 is 0. The zero-order valence-corrected chi connectivity index (χ0v) is 21.1. The first-order valence-electron chi connectivity index (χ1n) is 12.0. The van der Waals surface area contributed by atoms with E-state index in [2.05, 4.69) is 16.7 Å². The molecule has 0 saturated heterocycles. The Morgan fingerprint density at radius 1 is 1.17 bits per heavy atom. The summed E-state index contributed by atoms with van der Waals surface area (Å²) < 4.78 is 0. The molecule has 3 rings (SSSR count). The Morgan fingerprint density at radius 2 is 1.86 bits per heavy atom. The van der Waals surface area contributed by atoms with Crippen molar-refractivity contribution in [2.75, 3.05) is 13.6 Å². The molecule has 35 heavy (non-hydrogen) atoms. The van der Waals surface area contributed by atoms with Crippen LogP contribution in [0.1, 0.15) is 57.7 Å². The molecule has 2 aliphatic rings. The molecule has 4 amide bonds. The van der Waals surface area contributed by atoms with Crippen LogP contribution < -0.4 is 10.6 Å². The number of benzene rings is 1. The van der Waals surface area contributed by atoms with Gasteiger partial charge >= 0.3 is 6.09 Å². The lowest BCUT2D eigenvalue weighted by Gasteiger charge is -2.37. The number of amides is 4. The van der Waals surface area contributed by atoms with Gasteiger partial charge in [0, 0.05) is 13.6 Å². The molecule has 9 heteroatoms. The fraction of sp³-hybridized carbons (Fsp3) is 0.538. The second-order valence-electron chi connectivity index (χ2n) is 10.4. The van der Waals surface area contributed by atoms with Gasteiger partial charge in [-0.15, -0.1) is 0 Å². The highest BCUT2D eigenvalue weighted by Crippen LogP contribution is 2.30. The van der Waals surface area contributed by atoms with Crippen LogP contribution in [0.25, 0.3) is 0 Å². The smallest absolute Gasteiger partial charge is 0.407 e. The molecule has 1 heterocycles. The van der Waals surface area contributed by atoms with Gasteiger partial charge in [-0.1, -0.05) is 57.2 Å². The van der Waals surface area contributed by atoms with Gasteiger partial charge in [0.25, 0.3) is 0 Å². The Bertz CT molecular complexity index is 1020. The molecule has 1 aromatic carbocycles. The molecule has 190 valence electrons. The van der Waals surface area contributed by atoms with Crippen molar-refractivity contribution in [2.24, 2.45) is 5.41 Å². The lowest BCUT2D eigenvalue weighted by molar-refractivity contribution is -0.144. The molecule has 0 spiro atoms. The van der Waals surface area contributed by atoms with E-state index in [0.717, 1.165) is 29.7 Å². The summed E-state index contributed by atoms with van der Waals surface area (Å²) in [6.45, 7) is 7.17. The standard InChI is InChI=1S/C26H36N4O5/c1-16(29(5)25(34)35)22(31)28-21(26(2,3)4)24(33)30-15-9-14-20(30)23(32)27-19-13-8-11-17-10-6-7-12-18(17)19/h6-7,9-10,12,14,16,19-21H,8,11,13,15H2,1-5H3,(H,27,32)(H,28,31)(H,34,35). The van der Waals surface area contributed by atoms with Crippen LogP contribution in [0, 0.1) is 5.41 Å². The van der Waals surface area contributed by atoms with Crippen molar-refractivity contribution in [3.05, 3.63) is 47.5 Å². The fourth-order valence-electron chi connectivity index (χ4n) is 4.56. The maximum Gasteiger partial charge on any atom is 0.407 e. The highest BCUT2D eigenvalue weighted by molar-refractivity contribution is 5.95. The third-order valence-corrected chi connectivity index (χ3v) is 6.86. The number of hydrogen-bond acceptors (Lipinski definition) is 4. The van der Waals surface area contributed by atoms with E-state index in [1.165, 1.54) is 24.4 Å². The van der Waals surface area contributed by atoms with Crippen molar-refractivity contribution in [3.8, 4) is 0 Å². The van der Waals surface area contributed by atoms with Gasteiger partial charge in [-0.3, -0.25) is 19.3 Å². The number of hydrogen-bond donors (Lipinski definition) is 3. The lowest BCUT2D eigenvalue weighted by Crippen LogP contribution is -2.60. The average molecular weight is 485 g/mol. The van der Waals surface area contributed by atoms with Crippen molar-refractivity contribution >= 4 is 23.8 Å². The van der Waals surface area contributed by atoms with Gasteiger partial charge < -0.3 is 20.6 Å². The summed E-state index contributed by atoms with van der Waals surface area (Å²) in [5.41, 5.74) is 1.68. The SMILES string of the molecule is CC(C(=O)NC(C(=O)N1CC=CC1C(=O)NC1CCCc2ccccc21)C(C)(C)C)N(C)C(=O)O. The maximum absolute atomic E-state index is 13.6. The van der Waals surface area contributed by atoms with Crippen LogP contribution in [-0.2, 0) is 20.8 Å². The number of fused-ring (bicyclic) bond motifs is 1. The van der Waals surface area contributed by atoms with Crippen LogP contribution >= 0.6 is 0 Å². The second kappa shape index (κ2) is 10.5. The maximum atomic E-state index is 13.6. The van der Waals surface area contributed by atoms with Crippen molar-refractivity contribution < 1.29 is 24.3 Å². The third kappa shape index (κ3) is 5.83. The number of likely N-dealkylation sites (N-methyl/N-ethyl adjacent to an activating group) is 1. The Balaban J connectivity index is 1.74. The molecule has 0 bridgehead atoms. The molecule has 0 saturated carbocycles. The van der Waals surface area contributed by atoms with Gasteiger partial charge in [0.05, 0.1) is 6.04 Å². The molecule has 0 radical (unpaired) electrons. The predicted octanol–water partition coefficient (Wildman–Crippen LogP) is 2.48. The quantitative estimate of drug-likeness (QED) is 0.536. The Hall–Kier alpha value is -3.36. The molecule has 0 aromatic heterocycles. The minimum Gasteiger partial charge on any atom is -0.465 e. The monoisotopic (exact) mass is 484 g/mol. The van der Waals surface area contributed by atoms with E-state index in [1.54, 1.807) is 12.2 Å². The lowest BCUT2D eigenvalue weighted by atomic mass is 9.85. The van der Waals surface area contributed by atoms with Gasteiger partial charge in [-0.25, -0.2) is 4.79 Å². The highest BCUT2D eigenvalue weighted by atomic mass is 16.4. The largest absolute Gasteiger partial charge is 0.465 e. The zero-order chi connectivity index (χ0) is 25.9. The van der Waals surface area contributed by atoms with E-state index >= 15 is 0 Å². The van der Waals surface area contributed by atoms with Gasteiger partial charge in [0.15, 0.2) is 0 Å². The molecule has 3 N–H and O–H groups in total. The van der Waals surface area contributed by atoms with E-state index in [0.29, 0.717) is 0 Å². The van der Waals surface area contributed by atoms with E-state index < -0.39 is 35.5 Å². The van der Waals surface area contributed by atoms with Crippen molar-refractivity contribution in [3.63, 3.8) is 0 Å². The number of rotatable bonds is 6. The van der Waals surface area contributed by atoms with Crippen LogP contribution in [0.2, 0.25) is 0 Å². The highest BCUT2D eigenvalue weighted by Gasteiger charge is 2.41. The first-order valence-corrected chi connectivity index (χ1v) is 12.0. The number of carboxylic acid groups (broad SMARTS) is 1. The van der Waals surface area contributed by atoms with E-state index in [-0.39, 0.29) is 24.4 Å². The second-order valence-corrected chi connectivity index (χ2v) is 10.4. The summed E-state index contributed by atoms with van der Waals surface area (Å²) in [6.07, 6.45) is 5.05. The number of carbonyl (C=O) groups is 4. The number of carbonyl (C=O) groups excluding carboxylic acids is 3. The Morgan fingerprint density at radius 3 is 2.51 bits per heavy atom. The van der Waals surface area contributed by atoms with Crippen LogP contribution in [0.3, 0.4) is 0 Å². The van der Waals surface area contributed by atoms with Crippen LogP contribution in [0.15, 0.2) is 36.4 Å². The van der Waals surface area contributed by atoms with Gasteiger partial charge in [-0.2, -0.15) is 0 Å². The van der Waals surface area contributed by atoms with E-state index in [1.807, 2.05) is 39.0 Å². The van der Waals surface area contributed by atoms with Crippen molar-refractivity contribution in [1.29, 1.82) is 0 Å². The summed E-state index contributed by atoms with van der Waals surface area (Å²) in [4.78, 5) is 53.3. The first kappa shape index (κ1) is 26.2. The van der Waals surface area contributed by atoms with Gasteiger partial charge in [0.1, 0.15) is 18.1 Å². The van der Waals surface area contributed by atoms with E-state index in [9.17, 15) is 24.3 Å². The van der Waals surface area contributed by atoms with Crippen molar-refractivity contribution in [1.82, 2.24) is 20.4 Å². The van der Waals surface area contributed by atoms with Crippen molar-refractivity contribution in [2.45, 2.75) is 71.1 Å². The molecule has 1 aliphatic heterocycles. The Labute approximate surface area is 206 Å². The zero-order valence-electron chi connectivity index (χ0n) is 21.1. The van der Waals surface area contributed by atoms with E-state index in [4.69, 9.17) is 0 Å². The molecule has 4 unspecified atom stereocenters. The van der Waals surface area contributed by atoms with Gasteiger partial charge in [-0.05, 0) is 42.7 Å². The summed E-state index contributed by atoms with van der Waals surface area (Å²) in [6, 6.07) is 5.28. The van der Waals surface area contributed by atoms with Crippen LogP contribution in [0.5, 0.6) is 0 Å². The summed E-state index contributed by atoms with van der Waals surface area (Å²) in [5, 5.41) is 15.0. The minimum absolute atomic E-state index is 0.107. The molecular weight excluding hydrogens is 448 g/mol. The fourth-order valence-corrected chi connectivity index (χ4v) is 4.56. The molecular formula is C26H36N4O5. The number of nitrogens with zero attached hydrogens (tertiary/aromatic N) is 2. The average Bonchev–Trinajstić information content (AvgIpc) is 3.30. The molecule has 4 atom stereocenters. The molecule has 1 aromatic rings. The number of nitrogens with one attached hydrogen (secondary N) is 2. The Kier molecular flexibility index (Phi) is 7.87. The minimum atomic E-state index is -1.24. The van der Waals surface area contributed by atoms with Crippen LogP contribution in [-0.4, -0.2) is 70.4 Å². The first-order chi connectivity index (χ1) is 16.4. The third-order valence-electron chi connectivity index (χ3n) is 6.86. The molecule has 0 fully saturated rings. The molecule has 9 nitrogen and oxygen atoms in total.